The number of pyridine rings is 1. The number of aryl methyl sites for hydroxylation is 2. The van der Waals surface area contributed by atoms with Crippen molar-refractivity contribution in [1.29, 1.82) is 0 Å². The summed E-state index contributed by atoms with van der Waals surface area (Å²) < 4.78 is 5.38. The van der Waals surface area contributed by atoms with E-state index in [4.69, 9.17) is 4.52 Å². The van der Waals surface area contributed by atoms with E-state index < -0.39 is 0 Å². The average Bonchev–Trinajstić information content (AvgIpc) is 3.28. The fourth-order valence-corrected chi connectivity index (χ4v) is 3.99. The molecule has 0 radical (unpaired) electrons. The Morgan fingerprint density at radius 3 is 2.93 bits per heavy atom. The van der Waals surface area contributed by atoms with E-state index in [9.17, 15) is 4.79 Å². The molecule has 1 atom stereocenters. The molecule has 2 aromatic heterocycles. The van der Waals surface area contributed by atoms with E-state index in [0.717, 1.165) is 42.9 Å². The minimum Gasteiger partial charge on any atom is -0.361 e. The highest BCUT2D eigenvalue weighted by molar-refractivity contribution is 6.04. The normalized spacial score (nSPS) is 17.0. The highest BCUT2D eigenvalue weighted by Gasteiger charge is 2.30. The molecule has 0 spiro atoms. The third kappa shape index (κ3) is 3.82. The molecule has 1 saturated heterocycles. The van der Waals surface area contributed by atoms with Crippen molar-refractivity contribution in [3.63, 3.8) is 0 Å². The first-order valence-corrected chi connectivity index (χ1v) is 9.59. The van der Waals surface area contributed by atoms with Crippen molar-refractivity contribution in [3.05, 3.63) is 76.9 Å². The number of likely N-dealkylation sites (tertiary alicyclic amines) is 1. The Hall–Kier alpha value is -2.99. The fourth-order valence-electron chi connectivity index (χ4n) is 3.99. The van der Waals surface area contributed by atoms with E-state index in [0.29, 0.717) is 17.3 Å². The summed E-state index contributed by atoms with van der Waals surface area (Å²) in [5, 5.41) is 7.01. The number of carbonyl (C=O) groups excluding carboxylic acids is 1. The lowest BCUT2D eigenvalue weighted by Gasteiger charge is -2.24. The highest BCUT2D eigenvalue weighted by Crippen LogP contribution is 2.36. The number of hydrogen-bond acceptors (Lipinski definition) is 5. The number of carbonyl (C=O) groups is 1. The number of nitrogens with zero attached hydrogens (tertiary/aromatic N) is 3. The lowest BCUT2D eigenvalue weighted by molar-refractivity contribution is 0.102. The molecule has 3 heterocycles. The fraction of sp³-hybridized carbons (Fsp3) is 0.318. The van der Waals surface area contributed by atoms with Crippen molar-refractivity contribution in [2.45, 2.75) is 39.3 Å². The lowest BCUT2D eigenvalue weighted by atomic mass is 10.0. The molecule has 6 heteroatoms. The summed E-state index contributed by atoms with van der Waals surface area (Å²) in [6.07, 6.45) is 5.57. The van der Waals surface area contributed by atoms with Gasteiger partial charge in [0.1, 0.15) is 5.76 Å². The van der Waals surface area contributed by atoms with Crippen molar-refractivity contribution in [2.75, 3.05) is 11.9 Å². The molecule has 28 heavy (non-hydrogen) atoms. The molecule has 0 saturated carbocycles. The van der Waals surface area contributed by atoms with Crippen LogP contribution in [0.15, 0.2) is 53.3 Å². The van der Waals surface area contributed by atoms with Gasteiger partial charge in [0.2, 0.25) is 0 Å². The van der Waals surface area contributed by atoms with Crippen molar-refractivity contribution < 1.29 is 9.32 Å². The Balaban J connectivity index is 1.49. The summed E-state index contributed by atoms with van der Waals surface area (Å²) in [7, 11) is 0. The molecule has 0 aliphatic carbocycles. The first-order valence-electron chi connectivity index (χ1n) is 9.59. The zero-order valence-electron chi connectivity index (χ0n) is 16.2. The number of amides is 1. The molecule has 1 aromatic carbocycles. The molecule has 3 aromatic rings. The van der Waals surface area contributed by atoms with Crippen molar-refractivity contribution in [1.82, 2.24) is 15.0 Å². The van der Waals surface area contributed by atoms with E-state index in [1.54, 1.807) is 18.5 Å². The van der Waals surface area contributed by atoms with Crippen LogP contribution in [0.3, 0.4) is 0 Å². The van der Waals surface area contributed by atoms with Gasteiger partial charge in [0.15, 0.2) is 0 Å². The van der Waals surface area contributed by atoms with E-state index in [1.807, 2.05) is 38.1 Å². The zero-order valence-corrected chi connectivity index (χ0v) is 16.2. The summed E-state index contributed by atoms with van der Waals surface area (Å²) in [5.41, 5.74) is 4.64. The molecule has 1 unspecified atom stereocenters. The molecule has 1 fully saturated rings. The summed E-state index contributed by atoms with van der Waals surface area (Å²) in [4.78, 5) is 19.0. The Morgan fingerprint density at radius 2 is 2.18 bits per heavy atom. The second-order valence-electron chi connectivity index (χ2n) is 7.26. The van der Waals surface area contributed by atoms with Gasteiger partial charge in [-0.15, -0.1) is 0 Å². The largest absolute Gasteiger partial charge is 0.361 e. The number of aromatic nitrogens is 2. The van der Waals surface area contributed by atoms with Crippen LogP contribution in [0.25, 0.3) is 0 Å². The van der Waals surface area contributed by atoms with E-state index in [-0.39, 0.29) is 5.91 Å². The van der Waals surface area contributed by atoms with Gasteiger partial charge in [-0.3, -0.25) is 14.7 Å². The van der Waals surface area contributed by atoms with E-state index >= 15 is 0 Å². The summed E-state index contributed by atoms with van der Waals surface area (Å²) in [6.45, 7) is 5.81. The first kappa shape index (κ1) is 18.4. The van der Waals surface area contributed by atoms with Crippen LogP contribution in [0, 0.1) is 13.8 Å². The molecule has 144 valence electrons. The standard InChI is InChI=1S/C22H24N4O2/c1-15-21(16(2)28-25-15)20-9-5-11-26(20)14-17-6-3-7-18(12-17)22(27)24-19-8-4-10-23-13-19/h3-4,6-8,10,12-13,20H,5,9,11,14H2,1-2H3,(H,24,27). The third-order valence-electron chi connectivity index (χ3n) is 5.28. The van der Waals surface area contributed by atoms with Gasteiger partial charge >= 0.3 is 0 Å². The van der Waals surface area contributed by atoms with Crippen LogP contribution < -0.4 is 5.32 Å². The van der Waals surface area contributed by atoms with E-state index in [1.165, 1.54) is 5.56 Å². The topological polar surface area (TPSA) is 71.3 Å². The summed E-state index contributed by atoms with van der Waals surface area (Å²) >= 11 is 0. The maximum atomic E-state index is 12.6. The molecule has 0 bridgehead atoms. The Morgan fingerprint density at radius 1 is 1.29 bits per heavy atom. The van der Waals surface area contributed by atoms with Crippen molar-refractivity contribution >= 4 is 11.6 Å². The second-order valence-corrected chi connectivity index (χ2v) is 7.26. The monoisotopic (exact) mass is 376 g/mol. The predicted molar refractivity (Wildman–Crippen MR) is 107 cm³/mol. The highest BCUT2D eigenvalue weighted by atomic mass is 16.5. The molecular formula is C22H24N4O2. The minimum absolute atomic E-state index is 0.126. The van der Waals surface area contributed by atoms with Crippen LogP contribution in [-0.4, -0.2) is 27.5 Å². The smallest absolute Gasteiger partial charge is 0.255 e. The van der Waals surface area contributed by atoms with Gasteiger partial charge in [0, 0.05) is 29.9 Å². The number of hydrogen-bond donors (Lipinski definition) is 1. The second kappa shape index (κ2) is 7.94. The van der Waals surface area contributed by atoms with Gasteiger partial charge in [-0.2, -0.15) is 0 Å². The van der Waals surface area contributed by atoms with Crippen LogP contribution in [0.1, 0.15) is 51.8 Å². The zero-order chi connectivity index (χ0) is 19.5. The first-order chi connectivity index (χ1) is 13.6. The van der Waals surface area contributed by atoms with Gasteiger partial charge in [-0.05, 0) is 63.1 Å². The number of anilines is 1. The number of rotatable bonds is 5. The maximum Gasteiger partial charge on any atom is 0.255 e. The SMILES string of the molecule is Cc1noc(C)c1C1CCCN1Cc1cccc(C(=O)Nc2cccnc2)c1. The van der Waals surface area contributed by atoms with Gasteiger partial charge < -0.3 is 9.84 Å². The predicted octanol–water partition coefficient (Wildman–Crippen LogP) is 4.28. The number of nitrogens with one attached hydrogen (secondary N) is 1. The van der Waals surface area contributed by atoms with Crippen LogP contribution in [-0.2, 0) is 6.54 Å². The van der Waals surface area contributed by atoms with Gasteiger partial charge in [-0.25, -0.2) is 0 Å². The van der Waals surface area contributed by atoms with Crippen LogP contribution in [0.4, 0.5) is 5.69 Å². The molecule has 6 nitrogen and oxygen atoms in total. The number of benzene rings is 1. The molecule has 1 aliphatic rings. The average molecular weight is 376 g/mol. The van der Waals surface area contributed by atoms with Crippen LogP contribution >= 0.6 is 0 Å². The molecular weight excluding hydrogens is 352 g/mol. The van der Waals surface area contributed by atoms with Gasteiger partial charge in [0.05, 0.1) is 17.6 Å². The Kier molecular flexibility index (Phi) is 5.21. The van der Waals surface area contributed by atoms with Crippen molar-refractivity contribution in [2.24, 2.45) is 0 Å². The van der Waals surface area contributed by atoms with Crippen LogP contribution in [0.2, 0.25) is 0 Å². The Labute approximate surface area is 164 Å². The summed E-state index contributed by atoms with van der Waals surface area (Å²) in [6, 6.07) is 11.8. The van der Waals surface area contributed by atoms with E-state index in [2.05, 4.69) is 26.4 Å². The van der Waals surface area contributed by atoms with Gasteiger partial charge in [0.25, 0.3) is 5.91 Å². The Bertz CT molecular complexity index is 948. The lowest BCUT2D eigenvalue weighted by Crippen LogP contribution is -2.23. The van der Waals surface area contributed by atoms with Gasteiger partial charge in [-0.1, -0.05) is 17.3 Å². The minimum atomic E-state index is -0.126. The molecule has 1 aliphatic heterocycles. The molecule has 1 amide bonds. The quantitative estimate of drug-likeness (QED) is 0.720. The third-order valence-corrected chi connectivity index (χ3v) is 5.28. The summed E-state index contributed by atoms with van der Waals surface area (Å²) in [5.74, 6) is 0.776. The molecule has 1 N–H and O–H groups in total. The maximum absolute atomic E-state index is 12.6. The van der Waals surface area contributed by atoms with Crippen LogP contribution in [0.5, 0.6) is 0 Å². The molecule has 4 rings (SSSR count). The van der Waals surface area contributed by atoms with Crippen molar-refractivity contribution in [3.8, 4) is 0 Å².